The molecule has 2 heterocycles. The number of nitrogens with one attached hydrogen (secondary N) is 1. The van der Waals surface area contributed by atoms with Crippen LogP contribution in [0.2, 0.25) is 0 Å². The van der Waals surface area contributed by atoms with Gasteiger partial charge in [0, 0.05) is 12.0 Å². The lowest BCUT2D eigenvalue weighted by atomic mass is 9.79. The Labute approximate surface area is 176 Å². The van der Waals surface area contributed by atoms with E-state index >= 15 is 0 Å². The predicted molar refractivity (Wildman–Crippen MR) is 111 cm³/mol. The monoisotopic (exact) mass is 424 g/mol. The van der Waals surface area contributed by atoms with Crippen molar-refractivity contribution in [1.82, 2.24) is 24.5 Å². The zero-order valence-electron chi connectivity index (χ0n) is 16.7. The van der Waals surface area contributed by atoms with Crippen LogP contribution in [0.3, 0.4) is 0 Å². The second-order valence-corrected chi connectivity index (χ2v) is 6.45. The summed E-state index contributed by atoms with van der Waals surface area (Å²) in [6.07, 6.45) is 0. The molecule has 12 heteroatoms. The number of fused-ring (bicyclic) bond motifs is 1. The Morgan fingerprint density at radius 2 is 1.84 bits per heavy atom. The summed E-state index contributed by atoms with van der Waals surface area (Å²) in [5.74, 6) is -0.0180. The summed E-state index contributed by atoms with van der Waals surface area (Å²) in [5.41, 5.74) is 1.72. The third kappa shape index (κ3) is 4.11. The van der Waals surface area contributed by atoms with Crippen LogP contribution in [0.25, 0.3) is 17.0 Å². The van der Waals surface area contributed by atoms with Gasteiger partial charge >= 0.3 is 19.1 Å². The number of para-hydroxylation sites is 1. The van der Waals surface area contributed by atoms with Crippen LogP contribution in [-0.4, -0.2) is 55.9 Å². The van der Waals surface area contributed by atoms with Gasteiger partial charge in [0.2, 0.25) is 11.9 Å². The molecule has 2 aromatic heterocycles. The molecule has 0 aliphatic rings. The second kappa shape index (κ2) is 8.54. The lowest BCUT2D eigenvalue weighted by Gasteiger charge is -2.10. The topological polar surface area (TPSA) is 127 Å². The standard InChI is InChI=1S/C19H18BFN6O4/c1-30-18-25-16(22-10-11-5-3-6-12(21)9-11)24-17(26-18)27-14-8-4-7-13(20(28)29)15(14)23-19(27)31-2/h3-9,28-29H,10H2,1-2H3,(H,22,24,25,26). The van der Waals surface area contributed by atoms with Crippen molar-refractivity contribution in [1.29, 1.82) is 0 Å². The SMILES string of the molecule is COc1nc(NCc2cccc(F)c2)nc(-n2c(OC)nc3c(B(O)O)cccc32)n1. The Hall–Kier alpha value is -3.77. The Morgan fingerprint density at radius 3 is 2.55 bits per heavy atom. The zero-order valence-corrected chi connectivity index (χ0v) is 16.7. The van der Waals surface area contributed by atoms with Gasteiger partial charge in [-0.1, -0.05) is 24.3 Å². The summed E-state index contributed by atoms with van der Waals surface area (Å²) in [6.45, 7) is 0.271. The molecule has 0 amide bonds. The van der Waals surface area contributed by atoms with Crippen LogP contribution in [-0.2, 0) is 6.54 Å². The first-order valence-electron chi connectivity index (χ1n) is 9.20. The second-order valence-electron chi connectivity index (χ2n) is 6.45. The van der Waals surface area contributed by atoms with Crippen molar-refractivity contribution in [2.45, 2.75) is 6.54 Å². The molecular weight excluding hydrogens is 406 g/mol. The highest BCUT2D eigenvalue weighted by molar-refractivity contribution is 6.61. The maximum absolute atomic E-state index is 13.4. The lowest BCUT2D eigenvalue weighted by molar-refractivity contribution is 0.366. The van der Waals surface area contributed by atoms with Crippen LogP contribution in [0.5, 0.6) is 12.0 Å². The van der Waals surface area contributed by atoms with E-state index in [4.69, 9.17) is 9.47 Å². The van der Waals surface area contributed by atoms with Crippen molar-refractivity contribution in [3.8, 4) is 18.0 Å². The van der Waals surface area contributed by atoms with E-state index in [0.29, 0.717) is 16.6 Å². The molecule has 3 N–H and O–H groups in total. The molecule has 2 aromatic carbocycles. The molecule has 0 aliphatic carbocycles. The van der Waals surface area contributed by atoms with Crippen molar-refractivity contribution < 1.29 is 23.9 Å². The maximum atomic E-state index is 13.4. The van der Waals surface area contributed by atoms with Crippen LogP contribution in [0, 0.1) is 5.82 Å². The highest BCUT2D eigenvalue weighted by Gasteiger charge is 2.23. The first kappa shape index (κ1) is 20.5. The van der Waals surface area contributed by atoms with E-state index in [1.54, 1.807) is 30.3 Å². The van der Waals surface area contributed by atoms with E-state index < -0.39 is 7.12 Å². The molecule has 4 rings (SSSR count). The van der Waals surface area contributed by atoms with Crippen molar-refractivity contribution in [3.63, 3.8) is 0 Å². The highest BCUT2D eigenvalue weighted by Crippen LogP contribution is 2.25. The summed E-state index contributed by atoms with van der Waals surface area (Å²) in [7, 11) is 1.13. The molecule has 10 nitrogen and oxygen atoms in total. The van der Waals surface area contributed by atoms with E-state index in [2.05, 4.69) is 25.3 Å². The van der Waals surface area contributed by atoms with Gasteiger partial charge in [0.1, 0.15) is 5.82 Å². The number of halogens is 1. The summed E-state index contributed by atoms with van der Waals surface area (Å²) < 4.78 is 25.5. The van der Waals surface area contributed by atoms with Crippen molar-refractivity contribution in [2.75, 3.05) is 19.5 Å². The van der Waals surface area contributed by atoms with Crippen LogP contribution in [0.1, 0.15) is 5.56 Å². The largest absolute Gasteiger partial charge is 0.490 e. The van der Waals surface area contributed by atoms with E-state index in [1.165, 1.54) is 30.9 Å². The average molecular weight is 424 g/mol. The minimum atomic E-state index is -1.71. The van der Waals surface area contributed by atoms with Crippen LogP contribution >= 0.6 is 0 Å². The first-order valence-corrected chi connectivity index (χ1v) is 9.20. The molecule has 0 aliphatic heterocycles. The van der Waals surface area contributed by atoms with Gasteiger partial charge < -0.3 is 24.8 Å². The van der Waals surface area contributed by atoms with E-state index in [-0.39, 0.29) is 41.7 Å². The summed E-state index contributed by atoms with van der Waals surface area (Å²) in [6, 6.07) is 11.2. The molecule has 0 spiro atoms. The number of benzene rings is 2. The van der Waals surface area contributed by atoms with Gasteiger partial charge in [0.05, 0.1) is 25.3 Å². The normalized spacial score (nSPS) is 10.9. The number of aromatic nitrogens is 5. The number of rotatable bonds is 7. The number of ether oxygens (including phenoxy) is 2. The summed E-state index contributed by atoms with van der Waals surface area (Å²) in [5, 5.41) is 22.3. The molecule has 0 atom stereocenters. The minimum Gasteiger partial charge on any atom is -0.468 e. The molecule has 0 saturated heterocycles. The number of imidazole rings is 1. The first-order chi connectivity index (χ1) is 15.0. The molecule has 31 heavy (non-hydrogen) atoms. The molecular formula is C19H18BFN6O4. The van der Waals surface area contributed by atoms with Gasteiger partial charge in [-0.2, -0.15) is 19.9 Å². The fraction of sp³-hybridized carbons (Fsp3) is 0.158. The van der Waals surface area contributed by atoms with Gasteiger partial charge in [-0.3, -0.25) is 0 Å². The predicted octanol–water partition coefficient (Wildman–Crippen LogP) is 0.659. The number of nitrogens with zero attached hydrogens (tertiary/aromatic N) is 5. The number of anilines is 1. The quantitative estimate of drug-likeness (QED) is 0.367. The van der Waals surface area contributed by atoms with Gasteiger partial charge in [0.25, 0.3) is 0 Å². The summed E-state index contributed by atoms with van der Waals surface area (Å²) >= 11 is 0. The Kier molecular flexibility index (Phi) is 5.65. The molecule has 0 unspecified atom stereocenters. The molecule has 158 valence electrons. The molecule has 0 fully saturated rings. The van der Waals surface area contributed by atoms with Crippen LogP contribution in [0.4, 0.5) is 10.3 Å². The van der Waals surface area contributed by atoms with Crippen LogP contribution < -0.4 is 20.3 Å². The van der Waals surface area contributed by atoms with Gasteiger partial charge in [-0.15, -0.1) is 0 Å². The van der Waals surface area contributed by atoms with E-state index in [1.807, 2.05) is 0 Å². The molecule has 0 radical (unpaired) electrons. The Bertz CT molecular complexity index is 1240. The van der Waals surface area contributed by atoms with Crippen molar-refractivity contribution in [3.05, 3.63) is 53.8 Å². The Balaban J connectivity index is 1.78. The van der Waals surface area contributed by atoms with Gasteiger partial charge in [-0.05, 0) is 23.8 Å². The number of hydrogen-bond donors (Lipinski definition) is 3. The highest BCUT2D eigenvalue weighted by atomic mass is 19.1. The number of hydrogen-bond acceptors (Lipinski definition) is 9. The molecule has 0 bridgehead atoms. The van der Waals surface area contributed by atoms with Crippen LogP contribution in [0.15, 0.2) is 42.5 Å². The minimum absolute atomic E-state index is 0.0361. The van der Waals surface area contributed by atoms with E-state index in [0.717, 1.165) is 0 Å². The molecule has 4 aromatic rings. The third-order valence-electron chi connectivity index (χ3n) is 4.47. The van der Waals surface area contributed by atoms with Crippen molar-refractivity contribution in [2.24, 2.45) is 0 Å². The van der Waals surface area contributed by atoms with Crippen molar-refractivity contribution >= 4 is 29.6 Å². The number of methoxy groups -OCH3 is 2. The summed E-state index contributed by atoms with van der Waals surface area (Å²) in [4.78, 5) is 17.2. The fourth-order valence-electron chi connectivity index (χ4n) is 3.08. The fourth-order valence-corrected chi connectivity index (χ4v) is 3.08. The smallest absolute Gasteiger partial charge is 0.468 e. The zero-order chi connectivity index (χ0) is 22.0. The van der Waals surface area contributed by atoms with Gasteiger partial charge in [-0.25, -0.2) is 8.96 Å². The lowest BCUT2D eigenvalue weighted by Crippen LogP contribution is -2.30. The third-order valence-corrected chi connectivity index (χ3v) is 4.47. The van der Waals surface area contributed by atoms with Gasteiger partial charge in [0.15, 0.2) is 0 Å². The van der Waals surface area contributed by atoms with E-state index in [9.17, 15) is 14.4 Å². The Morgan fingerprint density at radius 1 is 1.03 bits per heavy atom. The maximum Gasteiger partial charge on any atom is 0.490 e. The average Bonchev–Trinajstić information content (AvgIpc) is 3.16. The molecule has 0 saturated carbocycles.